The zero-order chi connectivity index (χ0) is 16.9. The molecule has 1 fully saturated rings. The molecule has 8 heteroatoms. The first-order valence-electron chi connectivity index (χ1n) is 7.39. The lowest BCUT2D eigenvalue weighted by atomic mass is 10.1. The van der Waals surface area contributed by atoms with Crippen LogP contribution in [-0.4, -0.2) is 51.0 Å². The Bertz CT molecular complexity index is 661. The lowest BCUT2D eigenvalue weighted by Gasteiger charge is -2.16. The van der Waals surface area contributed by atoms with Crippen molar-refractivity contribution in [3.8, 4) is 0 Å². The van der Waals surface area contributed by atoms with E-state index in [2.05, 4.69) is 10.0 Å². The summed E-state index contributed by atoms with van der Waals surface area (Å²) in [5.41, 5.74) is 1.03. The van der Waals surface area contributed by atoms with Gasteiger partial charge >= 0.3 is 0 Å². The molecule has 1 heterocycles. The molecule has 0 aromatic heterocycles. The molecule has 0 bridgehead atoms. The maximum absolute atomic E-state index is 12.0. The summed E-state index contributed by atoms with van der Waals surface area (Å²) in [7, 11) is -3.26. The van der Waals surface area contributed by atoms with E-state index in [1.807, 2.05) is 30.3 Å². The molecule has 2 amide bonds. The quantitative estimate of drug-likeness (QED) is 0.667. The molecule has 1 aromatic rings. The van der Waals surface area contributed by atoms with Crippen LogP contribution < -0.4 is 10.0 Å². The molecule has 1 saturated heterocycles. The minimum absolute atomic E-state index is 0.0386. The van der Waals surface area contributed by atoms with Crippen LogP contribution in [-0.2, 0) is 26.2 Å². The minimum Gasteiger partial charge on any atom is -0.354 e. The predicted molar refractivity (Wildman–Crippen MR) is 85.8 cm³/mol. The number of rotatable bonds is 7. The Morgan fingerprint density at radius 3 is 2.61 bits per heavy atom. The van der Waals surface area contributed by atoms with E-state index in [0.717, 1.165) is 11.8 Å². The molecule has 0 saturated carbocycles. The smallest absolute Gasteiger partial charge is 0.225 e. The van der Waals surface area contributed by atoms with Gasteiger partial charge in [-0.05, 0) is 5.56 Å². The molecule has 23 heavy (non-hydrogen) atoms. The van der Waals surface area contributed by atoms with Gasteiger partial charge in [0.25, 0.3) is 0 Å². The summed E-state index contributed by atoms with van der Waals surface area (Å²) in [5, 5.41) is 2.66. The van der Waals surface area contributed by atoms with Gasteiger partial charge in [0.1, 0.15) is 0 Å². The Balaban J connectivity index is 1.78. The first-order chi connectivity index (χ1) is 10.8. The zero-order valence-corrected chi connectivity index (χ0v) is 13.8. The highest BCUT2D eigenvalue weighted by Crippen LogP contribution is 2.20. The molecule has 1 unspecified atom stereocenters. The van der Waals surface area contributed by atoms with Crippen molar-refractivity contribution < 1.29 is 18.0 Å². The highest BCUT2D eigenvalue weighted by molar-refractivity contribution is 7.88. The van der Waals surface area contributed by atoms with Crippen LogP contribution >= 0.6 is 0 Å². The molecule has 0 spiro atoms. The molecule has 0 aliphatic carbocycles. The van der Waals surface area contributed by atoms with E-state index in [0.29, 0.717) is 13.1 Å². The first kappa shape index (κ1) is 17.4. The Hall–Kier alpha value is -1.93. The molecule has 1 atom stereocenters. The van der Waals surface area contributed by atoms with Crippen molar-refractivity contribution in [3.05, 3.63) is 35.9 Å². The largest absolute Gasteiger partial charge is 0.354 e. The maximum Gasteiger partial charge on any atom is 0.225 e. The molecule has 1 aliphatic rings. The van der Waals surface area contributed by atoms with Crippen LogP contribution in [0.1, 0.15) is 12.0 Å². The van der Waals surface area contributed by atoms with Crippen LogP contribution in [0.3, 0.4) is 0 Å². The number of nitrogens with one attached hydrogen (secondary N) is 2. The lowest BCUT2D eigenvalue weighted by Crippen LogP contribution is -2.38. The second kappa shape index (κ2) is 7.56. The summed E-state index contributed by atoms with van der Waals surface area (Å²) < 4.78 is 24.1. The van der Waals surface area contributed by atoms with Crippen molar-refractivity contribution in [2.75, 3.05) is 25.9 Å². The van der Waals surface area contributed by atoms with Crippen molar-refractivity contribution in [2.24, 2.45) is 5.92 Å². The van der Waals surface area contributed by atoms with Crippen LogP contribution in [0.15, 0.2) is 30.3 Å². The summed E-state index contributed by atoms with van der Waals surface area (Å²) in [4.78, 5) is 25.7. The van der Waals surface area contributed by atoms with Crippen molar-refractivity contribution >= 4 is 21.8 Å². The van der Waals surface area contributed by atoms with E-state index < -0.39 is 10.0 Å². The predicted octanol–water partition coefficient (Wildman–Crippen LogP) is -0.299. The van der Waals surface area contributed by atoms with Crippen LogP contribution in [0.25, 0.3) is 0 Å². The average Bonchev–Trinajstić information content (AvgIpc) is 2.85. The summed E-state index contributed by atoms with van der Waals surface area (Å²) in [5.74, 6) is -0.642. The molecule has 7 nitrogen and oxygen atoms in total. The molecule has 126 valence electrons. The number of carbonyl (C=O) groups excluding carboxylic acids is 2. The van der Waals surface area contributed by atoms with Crippen molar-refractivity contribution in [1.82, 2.24) is 14.9 Å². The van der Waals surface area contributed by atoms with E-state index in [1.54, 1.807) is 4.90 Å². The number of hydrogen-bond acceptors (Lipinski definition) is 4. The number of benzene rings is 1. The van der Waals surface area contributed by atoms with Gasteiger partial charge < -0.3 is 10.2 Å². The summed E-state index contributed by atoms with van der Waals surface area (Å²) in [6.45, 7) is 1.23. The normalized spacial score (nSPS) is 18.2. The Morgan fingerprint density at radius 2 is 1.96 bits per heavy atom. The number of hydrogen-bond donors (Lipinski definition) is 2. The van der Waals surface area contributed by atoms with Crippen molar-refractivity contribution in [1.29, 1.82) is 0 Å². The monoisotopic (exact) mass is 339 g/mol. The van der Waals surface area contributed by atoms with E-state index in [9.17, 15) is 18.0 Å². The number of carbonyl (C=O) groups is 2. The second-order valence-electron chi connectivity index (χ2n) is 5.62. The van der Waals surface area contributed by atoms with E-state index in [1.165, 1.54) is 0 Å². The molecule has 2 N–H and O–H groups in total. The highest BCUT2D eigenvalue weighted by Gasteiger charge is 2.33. The van der Waals surface area contributed by atoms with Crippen LogP contribution in [0.2, 0.25) is 0 Å². The van der Waals surface area contributed by atoms with Gasteiger partial charge in [-0.3, -0.25) is 9.59 Å². The summed E-state index contributed by atoms with van der Waals surface area (Å²) in [6.07, 6.45) is 1.25. The lowest BCUT2D eigenvalue weighted by molar-refractivity contribution is -0.129. The Labute approximate surface area is 136 Å². The Kier molecular flexibility index (Phi) is 5.73. The molecule has 0 radical (unpaired) electrons. The third kappa shape index (κ3) is 5.65. The number of likely N-dealkylation sites (tertiary alicyclic amines) is 1. The van der Waals surface area contributed by atoms with E-state index >= 15 is 0 Å². The fourth-order valence-corrected chi connectivity index (χ4v) is 2.94. The van der Waals surface area contributed by atoms with Gasteiger partial charge in [0.05, 0.1) is 12.2 Å². The van der Waals surface area contributed by atoms with Crippen molar-refractivity contribution in [3.63, 3.8) is 0 Å². The molecular formula is C15H21N3O4S. The maximum atomic E-state index is 12.0. The van der Waals surface area contributed by atoms with Gasteiger partial charge in [0, 0.05) is 32.6 Å². The number of nitrogens with zero attached hydrogens (tertiary/aromatic N) is 1. The Morgan fingerprint density at radius 1 is 1.26 bits per heavy atom. The van der Waals surface area contributed by atoms with E-state index in [-0.39, 0.29) is 37.2 Å². The molecule has 1 aromatic carbocycles. The highest BCUT2D eigenvalue weighted by atomic mass is 32.2. The third-order valence-corrected chi connectivity index (χ3v) is 4.32. The fraction of sp³-hybridized carbons (Fsp3) is 0.467. The molecular weight excluding hydrogens is 318 g/mol. The second-order valence-corrected chi connectivity index (χ2v) is 7.45. The first-order valence-corrected chi connectivity index (χ1v) is 9.28. The van der Waals surface area contributed by atoms with Crippen LogP contribution in [0, 0.1) is 5.92 Å². The van der Waals surface area contributed by atoms with Gasteiger partial charge in [-0.25, -0.2) is 13.1 Å². The van der Waals surface area contributed by atoms with Crippen LogP contribution in [0.4, 0.5) is 0 Å². The van der Waals surface area contributed by atoms with Gasteiger partial charge in [0.15, 0.2) is 0 Å². The third-order valence-electron chi connectivity index (χ3n) is 3.59. The standard InChI is InChI=1S/C15H21N3O4S/c1-23(21,22)17-8-7-16-15(20)13-9-14(19)18(11-13)10-12-5-3-2-4-6-12/h2-6,13,17H,7-11H2,1H3,(H,16,20). The average molecular weight is 339 g/mol. The minimum atomic E-state index is -3.26. The zero-order valence-electron chi connectivity index (χ0n) is 13.0. The summed E-state index contributed by atoms with van der Waals surface area (Å²) >= 11 is 0. The van der Waals surface area contributed by atoms with Crippen molar-refractivity contribution in [2.45, 2.75) is 13.0 Å². The van der Waals surface area contributed by atoms with E-state index in [4.69, 9.17) is 0 Å². The van der Waals surface area contributed by atoms with Gasteiger partial charge in [-0.2, -0.15) is 0 Å². The topological polar surface area (TPSA) is 95.6 Å². The fourth-order valence-electron chi connectivity index (χ4n) is 2.47. The molecule has 1 aliphatic heterocycles. The number of amides is 2. The summed E-state index contributed by atoms with van der Waals surface area (Å²) in [6, 6.07) is 9.62. The molecule has 2 rings (SSSR count). The van der Waals surface area contributed by atoms with Crippen LogP contribution in [0.5, 0.6) is 0 Å². The SMILES string of the molecule is CS(=O)(=O)NCCNC(=O)C1CC(=O)N(Cc2ccccc2)C1. The van der Waals surface area contributed by atoms with Gasteiger partial charge in [0.2, 0.25) is 21.8 Å². The van der Waals surface area contributed by atoms with Gasteiger partial charge in [-0.15, -0.1) is 0 Å². The number of sulfonamides is 1. The van der Waals surface area contributed by atoms with Gasteiger partial charge in [-0.1, -0.05) is 30.3 Å².